The highest BCUT2D eigenvalue weighted by Gasteiger charge is 2.31. The maximum Gasteiger partial charge on any atom is 0.249 e. The molecule has 4 rings (SSSR count). The van der Waals surface area contributed by atoms with Gasteiger partial charge >= 0.3 is 0 Å². The summed E-state index contributed by atoms with van der Waals surface area (Å²) >= 11 is 0. The second kappa shape index (κ2) is 7.69. The number of aryl methyl sites for hydroxylation is 2. The van der Waals surface area contributed by atoms with Gasteiger partial charge < -0.3 is 13.9 Å². The molecule has 8 heteroatoms. The van der Waals surface area contributed by atoms with Crippen molar-refractivity contribution in [3.05, 3.63) is 47.9 Å². The Morgan fingerprint density at radius 3 is 2.78 bits per heavy atom. The van der Waals surface area contributed by atoms with Crippen molar-refractivity contribution in [2.75, 3.05) is 6.54 Å². The van der Waals surface area contributed by atoms with Crippen molar-refractivity contribution in [2.45, 2.75) is 45.1 Å². The summed E-state index contributed by atoms with van der Waals surface area (Å²) in [6.07, 6.45) is 3.57. The van der Waals surface area contributed by atoms with E-state index in [1.54, 1.807) is 6.92 Å². The molecule has 1 saturated heterocycles. The molecule has 0 aliphatic carbocycles. The van der Waals surface area contributed by atoms with Crippen molar-refractivity contribution in [1.82, 2.24) is 25.2 Å². The molecule has 2 aromatic heterocycles. The number of carbonyl (C=O) groups excluding carboxylic acids is 1. The lowest BCUT2D eigenvalue weighted by molar-refractivity contribution is -0.135. The van der Waals surface area contributed by atoms with Crippen molar-refractivity contribution in [3.8, 4) is 11.4 Å². The maximum atomic E-state index is 12.8. The summed E-state index contributed by atoms with van der Waals surface area (Å²) in [7, 11) is 0. The number of rotatable bonds is 5. The van der Waals surface area contributed by atoms with Crippen LogP contribution < -0.4 is 0 Å². The minimum absolute atomic E-state index is 0.0371. The smallest absolute Gasteiger partial charge is 0.249 e. The number of nitrogens with zero attached hydrogens (tertiary/aromatic N) is 5. The summed E-state index contributed by atoms with van der Waals surface area (Å²) in [5.74, 6) is 2.14. The van der Waals surface area contributed by atoms with Gasteiger partial charge in [0, 0.05) is 24.9 Å². The van der Waals surface area contributed by atoms with Crippen LogP contribution in [0.3, 0.4) is 0 Å². The largest absolute Gasteiger partial charge is 0.339 e. The number of carbonyl (C=O) groups is 1. The topological polar surface area (TPSA) is 98.2 Å². The Hall–Kier alpha value is -3.03. The van der Waals surface area contributed by atoms with Gasteiger partial charge in [0.1, 0.15) is 6.04 Å². The fourth-order valence-electron chi connectivity index (χ4n) is 3.35. The summed E-state index contributed by atoms with van der Waals surface area (Å²) in [4.78, 5) is 23.3. The minimum Gasteiger partial charge on any atom is -0.339 e. The van der Waals surface area contributed by atoms with Gasteiger partial charge in [0.25, 0.3) is 0 Å². The fraction of sp³-hybridized carbons (Fsp3) is 0.421. The average molecular weight is 367 g/mol. The monoisotopic (exact) mass is 367 g/mol. The molecule has 1 aliphatic heterocycles. The number of piperidine rings is 1. The van der Waals surface area contributed by atoms with E-state index >= 15 is 0 Å². The Balaban J connectivity index is 1.40. The SMILES string of the molecule is Cc1noc([C@H]2CCCCN2C(=O)CCc2nc(-c3ccccc3)no2)n1. The molecule has 0 spiro atoms. The summed E-state index contributed by atoms with van der Waals surface area (Å²) in [5.41, 5.74) is 0.890. The third-order valence-corrected chi connectivity index (χ3v) is 4.70. The van der Waals surface area contributed by atoms with Crippen LogP contribution in [-0.2, 0) is 11.2 Å². The molecule has 3 aromatic rings. The Morgan fingerprint density at radius 1 is 1.15 bits per heavy atom. The molecule has 1 aromatic carbocycles. The number of aromatic nitrogens is 4. The zero-order valence-electron chi connectivity index (χ0n) is 15.2. The van der Waals surface area contributed by atoms with E-state index in [2.05, 4.69) is 20.3 Å². The first-order chi connectivity index (χ1) is 13.2. The molecule has 0 bridgehead atoms. The molecule has 0 N–H and O–H groups in total. The highest BCUT2D eigenvalue weighted by Crippen LogP contribution is 2.30. The third kappa shape index (κ3) is 3.89. The van der Waals surface area contributed by atoms with Crippen LogP contribution >= 0.6 is 0 Å². The molecule has 1 fully saturated rings. The van der Waals surface area contributed by atoms with E-state index in [9.17, 15) is 4.79 Å². The Morgan fingerprint density at radius 2 is 2.00 bits per heavy atom. The quantitative estimate of drug-likeness (QED) is 0.683. The lowest BCUT2D eigenvalue weighted by Gasteiger charge is -2.33. The number of benzene rings is 1. The van der Waals surface area contributed by atoms with E-state index in [4.69, 9.17) is 9.05 Å². The number of hydrogen-bond acceptors (Lipinski definition) is 7. The first-order valence-electron chi connectivity index (χ1n) is 9.18. The zero-order chi connectivity index (χ0) is 18.6. The van der Waals surface area contributed by atoms with Gasteiger partial charge in [-0.15, -0.1) is 0 Å². The zero-order valence-corrected chi connectivity index (χ0v) is 15.2. The minimum atomic E-state index is -0.144. The molecule has 0 saturated carbocycles. The number of likely N-dealkylation sites (tertiary alicyclic amines) is 1. The van der Waals surface area contributed by atoms with Gasteiger partial charge in [0.15, 0.2) is 5.82 Å². The van der Waals surface area contributed by atoms with E-state index in [0.717, 1.165) is 24.8 Å². The Bertz CT molecular complexity index is 905. The molecule has 0 radical (unpaired) electrons. The van der Waals surface area contributed by atoms with E-state index < -0.39 is 0 Å². The predicted octanol–water partition coefficient (Wildman–Crippen LogP) is 3.11. The molecule has 1 aliphatic rings. The van der Waals surface area contributed by atoms with Crippen molar-refractivity contribution in [1.29, 1.82) is 0 Å². The summed E-state index contributed by atoms with van der Waals surface area (Å²) in [5, 5.41) is 7.85. The van der Waals surface area contributed by atoms with Gasteiger partial charge in [0.05, 0.1) is 0 Å². The molecule has 27 heavy (non-hydrogen) atoms. The molecule has 0 unspecified atom stereocenters. The maximum absolute atomic E-state index is 12.8. The lowest BCUT2D eigenvalue weighted by Crippen LogP contribution is -2.38. The molecule has 1 atom stereocenters. The van der Waals surface area contributed by atoms with Crippen LogP contribution in [0.5, 0.6) is 0 Å². The van der Waals surface area contributed by atoms with Crippen LogP contribution in [0.2, 0.25) is 0 Å². The molecular weight excluding hydrogens is 346 g/mol. The van der Waals surface area contributed by atoms with Crippen LogP contribution in [0.25, 0.3) is 11.4 Å². The molecular formula is C19H21N5O3. The fourth-order valence-corrected chi connectivity index (χ4v) is 3.35. The van der Waals surface area contributed by atoms with E-state index in [1.165, 1.54) is 0 Å². The molecule has 8 nitrogen and oxygen atoms in total. The van der Waals surface area contributed by atoms with Crippen molar-refractivity contribution in [2.24, 2.45) is 0 Å². The second-order valence-electron chi connectivity index (χ2n) is 6.66. The lowest BCUT2D eigenvalue weighted by atomic mass is 10.0. The van der Waals surface area contributed by atoms with Gasteiger partial charge in [-0.05, 0) is 26.2 Å². The van der Waals surface area contributed by atoms with Gasteiger partial charge in [-0.25, -0.2) is 0 Å². The van der Waals surface area contributed by atoms with Crippen LogP contribution in [-0.4, -0.2) is 37.6 Å². The van der Waals surface area contributed by atoms with Gasteiger partial charge in [-0.2, -0.15) is 9.97 Å². The Kier molecular flexibility index (Phi) is 4.95. The van der Waals surface area contributed by atoms with Gasteiger partial charge in [-0.3, -0.25) is 4.79 Å². The predicted molar refractivity (Wildman–Crippen MR) is 95.4 cm³/mol. The standard InChI is InChI=1S/C19H21N5O3/c1-13-20-19(27-22-13)15-9-5-6-12-24(15)17(25)11-10-16-21-18(23-26-16)14-7-3-2-4-8-14/h2-4,7-8,15H,5-6,9-12H2,1H3/t15-/m1/s1. The summed E-state index contributed by atoms with van der Waals surface area (Å²) in [6.45, 7) is 2.48. The normalized spacial score (nSPS) is 17.2. The Labute approximate surface area is 156 Å². The van der Waals surface area contributed by atoms with Crippen LogP contribution in [0.15, 0.2) is 39.4 Å². The van der Waals surface area contributed by atoms with E-state index in [1.807, 2.05) is 35.2 Å². The number of amides is 1. The average Bonchev–Trinajstić information content (AvgIpc) is 3.36. The molecule has 3 heterocycles. The van der Waals surface area contributed by atoms with E-state index in [-0.39, 0.29) is 11.9 Å². The third-order valence-electron chi connectivity index (χ3n) is 4.70. The highest BCUT2D eigenvalue weighted by atomic mass is 16.5. The first kappa shape index (κ1) is 17.4. The van der Waals surface area contributed by atoms with Gasteiger partial charge in [0.2, 0.25) is 23.5 Å². The molecule has 140 valence electrons. The summed E-state index contributed by atoms with van der Waals surface area (Å²) < 4.78 is 10.6. The van der Waals surface area contributed by atoms with Crippen LogP contribution in [0.4, 0.5) is 0 Å². The second-order valence-corrected chi connectivity index (χ2v) is 6.66. The van der Waals surface area contributed by atoms with Gasteiger partial charge in [-0.1, -0.05) is 40.6 Å². The van der Waals surface area contributed by atoms with Crippen molar-refractivity contribution >= 4 is 5.91 Å². The van der Waals surface area contributed by atoms with E-state index in [0.29, 0.717) is 42.8 Å². The highest BCUT2D eigenvalue weighted by molar-refractivity contribution is 5.76. The summed E-state index contributed by atoms with van der Waals surface area (Å²) in [6, 6.07) is 9.47. The van der Waals surface area contributed by atoms with Crippen LogP contribution in [0.1, 0.15) is 49.3 Å². The van der Waals surface area contributed by atoms with Crippen LogP contribution in [0, 0.1) is 6.92 Å². The number of hydrogen-bond donors (Lipinski definition) is 0. The molecule has 1 amide bonds. The first-order valence-corrected chi connectivity index (χ1v) is 9.18. The van der Waals surface area contributed by atoms with Crippen molar-refractivity contribution < 1.29 is 13.8 Å². The van der Waals surface area contributed by atoms with Crippen molar-refractivity contribution in [3.63, 3.8) is 0 Å².